The van der Waals surface area contributed by atoms with Crippen LogP contribution in [-0.2, 0) is 14.9 Å². The lowest BCUT2D eigenvalue weighted by Gasteiger charge is -2.36. The highest BCUT2D eigenvalue weighted by Gasteiger charge is 2.33. The molecule has 2 atom stereocenters. The van der Waals surface area contributed by atoms with Gasteiger partial charge in [-0.3, -0.25) is 0 Å². The first-order chi connectivity index (χ1) is 8.87. The Kier molecular flexibility index (Phi) is 6.68. The van der Waals surface area contributed by atoms with Crippen LogP contribution in [-0.4, -0.2) is 67.6 Å². The number of rotatable bonds is 7. The smallest absolute Gasteiger partial charge is 0.281 e. The molecule has 0 radical (unpaired) electrons. The summed E-state index contributed by atoms with van der Waals surface area (Å²) in [5.41, 5.74) is 0. The molecule has 0 aromatic rings. The average molecular weight is 294 g/mol. The van der Waals surface area contributed by atoms with Gasteiger partial charge in [-0.1, -0.05) is 0 Å². The lowest BCUT2D eigenvalue weighted by atomic mass is 10.2. The fourth-order valence-electron chi connectivity index (χ4n) is 2.25. The summed E-state index contributed by atoms with van der Waals surface area (Å²) in [6.45, 7) is 5.25. The molecule has 0 aromatic heterocycles. The van der Waals surface area contributed by atoms with E-state index in [1.165, 1.54) is 8.61 Å². The molecule has 1 aliphatic heterocycles. The second kappa shape index (κ2) is 7.54. The summed E-state index contributed by atoms with van der Waals surface area (Å²) in [5, 5.41) is 8.70. The van der Waals surface area contributed by atoms with E-state index in [4.69, 9.17) is 9.84 Å². The number of ether oxygens (including phenoxy) is 1. The van der Waals surface area contributed by atoms with Gasteiger partial charge >= 0.3 is 0 Å². The van der Waals surface area contributed by atoms with Gasteiger partial charge in [0.1, 0.15) is 0 Å². The first-order valence-corrected chi connectivity index (χ1v) is 8.25. The largest absolute Gasteiger partial charge is 0.396 e. The van der Waals surface area contributed by atoms with Gasteiger partial charge in [0.2, 0.25) is 0 Å². The van der Waals surface area contributed by atoms with E-state index < -0.39 is 10.2 Å². The minimum Gasteiger partial charge on any atom is -0.396 e. The van der Waals surface area contributed by atoms with Gasteiger partial charge in [0.15, 0.2) is 0 Å². The van der Waals surface area contributed by atoms with Crippen LogP contribution in [0.1, 0.15) is 33.1 Å². The van der Waals surface area contributed by atoms with E-state index in [1.807, 2.05) is 13.8 Å². The maximum absolute atomic E-state index is 12.4. The molecule has 1 fully saturated rings. The Hall–Kier alpha value is -0.210. The van der Waals surface area contributed by atoms with Crippen molar-refractivity contribution in [2.45, 2.75) is 45.3 Å². The molecular formula is C12H26N2O4S. The zero-order chi connectivity index (χ0) is 14.5. The Bertz CT molecular complexity index is 351. The first-order valence-electron chi connectivity index (χ1n) is 6.85. The second-order valence-electron chi connectivity index (χ2n) is 5.19. The molecule has 0 aliphatic carbocycles. The Balaban J connectivity index is 2.53. The van der Waals surface area contributed by atoms with Gasteiger partial charge in [0, 0.05) is 33.3 Å². The molecule has 6 nitrogen and oxygen atoms in total. The Morgan fingerprint density at radius 2 is 1.79 bits per heavy atom. The molecule has 114 valence electrons. The van der Waals surface area contributed by atoms with Crippen LogP contribution in [0.15, 0.2) is 0 Å². The topological polar surface area (TPSA) is 70.1 Å². The third kappa shape index (κ3) is 5.00. The van der Waals surface area contributed by atoms with Crippen molar-refractivity contribution >= 4 is 10.2 Å². The lowest BCUT2D eigenvalue weighted by Crippen LogP contribution is -2.52. The van der Waals surface area contributed by atoms with E-state index in [2.05, 4.69) is 0 Å². The van der Waals surface area contributed by atoms with Gasteiger partial charge in [0.25, 0.3) is 10.2 Å². The van der Waals surface area contributed by atoms with Crippen LogP contribution in [0.3, 0.4) is 0 Å². The maximum atomic E-state index is 12.4. The monoisotopic (exact) mass is 294 g/mol. The Labute approximate surface area is 116 Å². The molecule has 0 spiro atoms. The normalized spacial score (nSPS) is 25.9. The van der Waals surface area contributed by atoms with Gasteiger partial charge < -0.3 is 9.84 Å². The van der Waals surface area contributed by atoms with Crippen LogP contribution in [0.4, 0.5) is 0 Å². The predicted molar refractivity (Wildman–Crippen MR) is 74.1 cm³/mol. The molecule has 0 bridgehead atoms. The van der Waals surface area contributed by atoms with Crippen LogP contribution in [0, 0.1) is 0 Å². The summed E-state index contributed by atoms with van der Waals surface area (Å²) >= 11 is 0. The molecule has 19 heavy (non-hydrogen) atoms. The fraction of sp³-hybridized carbons (Fsp3) is 1.00. The molecule has 0 saturated carbocycles. The molecule has 1 rings (SSSR count). The van der Waals surface area contributed by atoms with Crippen LogP contribution >= 0.6 is 0 Å². The number of morpholine rings is 1. The summed E-state index contributed by atoms with van der Waals surface area (Å²) in [4.78, 5) is 0. The molecular weight excluding hydrogens is 268 g/mol. The van der Waals surface area contributed by atoms with E-state index in [-0.39, 0.29) is 18.8 Å². The molecule has 7 heteroatoms. The number of aliphatic hydroxyl groups is 1. The fourth-order valence-corrected chi connectivity index (χ4v) is 3.81. The van der Waals surface area contributed by atoms with Gasteiger partial charge in [-0.25, -0.2) is 0 Å². The van der Waals surface area contributed by atoms with Gasteiger partial charge in [-0.2, -0.15) is 17.0 Å². The summed E-state index contributed by atoms with van der Waals surface area (Å²) in [6.07, 6.45) is 2.19. The van der Waals surface area contributed by atoms with Crippen LogP contribution in [0.25, 0.3) is 0 Å². The van der Waals surface area contributed by atoms with Gasteiger partial charge in [-0.15, -0.1) is 0 Å². The minimum absolute atomic E-state index is 0.0682. The zero-order valence-electron chi connectivity index (χ0n) is 12.1. The highest BCUT2D eigenvalue weighted by molar-refractivity contribution is 7.86. The Morgan fingerprint density at radius 3 is 2.32 bits per heavy atom. The van der Waals surface area contributed by atoms with E-state index >= 15 is 0 Å². The number of aliphatic hydroxyl groups excluding tert-OH is 1. The number of nitrogens with zero attached hydrogens (tertiary/aromatic N) is 2. The summed E-state index contributed by atoms with van der Waals surface area (Å²) in [7, 11) is -1.78. The molecule has 1 saturated heterocycles. The second-order valence-corrected chi connectivity index (χ2v) is 7.22. The third-order valence-corrected chi connectivity index (χ3v) is 5.16. The summed E-state index contributed by atoms with van der Waals surface area (Å²) < 4.78 is 33.2. The number of hydrogen-bond acceptors (Lipinski definition) is 4. The van der Waals surface area contributed by atoms with Crippen molar-refractivity contribution in [3.8, 4) is 0 Å². The highest BCUT2D eigenvalue weighted by atomic mass is 32.2. The van der Waals surface area contributed by atoms with Crippen molar-refractivity contribution < 1.29 is 18.3 Å². The first kappa shape index (κ1) is 16.8. The quantitative estimate of drug-likeness (QED) is 0.692. The van der Waals surface area contributed by atoms with Crippen molar-refractivity contribution in [2.24, 2.45) is 0 Å². The third-order valence-electron chi connectivity index (χ3n) is 3.24. The number of hydrogen-bond donors (Lipinski definition) is 1. The van der Waals surface area contributed by atoms with Crippen molar-refractivity contribution in [1.29, 1.82) is 0 Å². The summed E-state index contributed by atoms with van der Waals surface area (Å²) in [6, 6.07) is 0. The predicted octanol–water partition coefficient (Wildman–Crippen LogP) is 0.435. The van der Waals surface area contributed by atoms with Crippen molar-refractivity contribution in [2.75, 3.05) is 33.3 Å². The standard InChI is InChI=1S/C12H26N2O4S/c1-11-9-14(10-12(2)18-11)19(16,17)13(3)7-5-4-6-8-15/h11-12,15H,4-10H2,1-3H3. The van der Waals surface area contributed by atoms with Crippen molar-refractivity contribution in [3.63, 3.8) is 0 Å². The van der Waals surface area contributed by atoms with Gasteiger partial charge in [0.05, 0.1) is 12.2 Å². The molecule has 0 aromatic carbocycles. The van der Waals surface area contributed by atoms with E-state index in [9.17, 15) is 8.42 Å². The van der Waals surface area contributed by atoms with Crippen molar-refractivity contribution in [1.82, 2.24) is 8.61 Å². The van der Waals surface area contributed by atoms with Crippen LogP contribution in [0.2, 0.25) is 0 Å². The summed E-state index contributed by atoms with van der Waals surface area (Å²) in [5.74, 6) is 0. The van der Waals surface area contributed by atoms with Crippen molar-refractivity contribution in [3.05, 3.63) is 0 Å². The maximum Gasteiger partial charge on any atom is 0.281 e. The molecule has 1 aliphatic rings. The van der Waals surface area contributed by atoms with E-state index in [1.54, 1.807) is 7.05 Å². The number of unbranched alkanes of at least 4 members (excludes halogenated alkanes) is 2. The highest BCUT2D eigenvalue weighted by Crippen LogP contribution is 2.17. The van der Waals surface area contributed by atoms with E-state index in [0.29, 0.717) is 19.6 Å². The molecule has 1 heterocycles. The molecule has 0 amide bonds. The lowest BCUT2D eigenvalue weighted by molar-refractivity contribution is -0.0453. The molecule has 1 N–H and O–H groups in total. The van der Waals surface area contributed by atoms with Gasteiger partial charge in [-0.05, 0) is 33.1 Å². The molecule has 2 unspecified atom stereocenters. The minimum atomic E-state index is -3.39. The van der Waals surface area contributed by atoms with Crippen LogP contribution in [0.5, 0.6) is 0 Å². The average Bonchev–Trinajstić information content (AvgIpc) is 2.33. The Morgan fingerprint density at radius 1 is 1.21 bits per heavy atom. The zero-order valence-corrected chi connectivity index (χ0v) is 12.9. The van der Waals surface area contributed by atoms with E-state index in [0.717, 1.165) is 19.3 Å². The SMILES string of the molecule is CC1CN(S(=O)(=O)N(C)CCCCCO)CC(C)O1. The van der Waals surface area contributed by atoms with Crippen LogP contribution < -0.4 is 0 Å².